The van der Waals surface area contributed by atoms with E-state index in [1.165, 1.54) is 5.56 Å². The van der Waals surface area contributed by atoms with Crippen LogP contribution in [-0.2, 0) is 19.0 Å². The molecule has 4 atom stereocenters. The highest BCUT2D eigenvalue weighted by molar-refractivity contribution is 5.72. The van der Waals surface area contributed by atoms with Crippen LogP contribution in [0.3, 0.4) is 0 Å². The van der Waals surface area contributed by atoms with Crippen molar-refractivity contribution >= 4 is 5.97 Å². The molecule has 1 aromatic rings. The second kappa shape index (κ2) is 4.05. The quantitative estimate of drug-likeness (QED) is 0.724. The van der Waals surface area contributed by atoms with E-state index in [0.29, 0.717) is 25.9 Å². The molecule has 0 N–H and O–H groups in total. The summed E-state index contributed by atoms with van der Waals surface area (Å²) >= 11 is 0. The van der Waals surface area contributed by atoms with Crippen LogP contribution in [0.15, 0.2) is 30.3 Å². The summed E-state index contributed by atoms with van der Waals surface area (Å²) in [7, 11) is 0. The zero-order valence-electron chi connectivity index (χ0n) is 10.6. The normalized spacial score (nSPS) is 40.6. The maximum absolute atomic E-state index is 11.3. The molecule has 0 aliphatic carbocycles. The maximum atomic E-state index is 11.3. The van der Waals surface area contributed by atoms with Gasteiger partial charge in [0.25, 0.3) is 0 Å². The van der Waals surface area contributed by atoms with E-state index in [4.69, 9.17) is 14.2 Å². The fourth-order valence-electron chi connectivity index (χ4n) is 3.43. The van der Waals surface area contributed by atoms with Gasteiger partial charge in [-0.15, -0.1) is 0 Å². The van der Waals surface area contributed by atoms with Crippen LogP contribution >= 0.6 is 0 Å². The van der Waals surface area contributed by atoms with Crippen LogP contribution in [0, 0.1) is 0 Å². The Morgan fingerprint density at radius 3 is 2.79 bits per heavy atom. The second-order valence-electron chi connectivity index (χ2n) is 5.56. The molecule has 4 nitrogen and oxygen atoms in total. The van der Waals surface area contributed by atoms with E-state index in [9.17, 15) is 4.79 Å². The van der Waals surface area contributed by atoms with Crippen molar-refractivity contribution in [1.82, 2.24) is 0 Å². The number of carbonyl (C=O) groups excluding carboxylic acids is 1. The SMILES string of the molecule is O=C1CCC2(C[C@H]3OC[C@H](c4ccccc4)[C@H]3O2)O1. The highest BCUT2D eigenvalue weighted by atomic mass is 16.7. The maximum Gasteiger partial charge on any atom is 0.308 e. The van der Waals surface area contributed by atoms with E-state index >= 15 is 0 Å². The average Bonchev–Trinajstić information content (AvgIpc) is 3.06. The highest BCUT2D eigenvalue weighted by Gasteiger charge is 2.57. The van der Waals surface area contributed by atoms with Gasteiger partial charge in [-0.3, -0.25) is 4.79 Å². The molecule has 100 valence electrons. The predicted octanol–water partition coefficient (Wildman–Crippen LogP) is 1.99. The molecule has 1 spiro atoms. The Hall–Kier alpha value is -1.39. The predicted molar refractivity (Wildman–Crippen MR) is 66.5 cm³/mol. The lowest BCUT2D eigenvalue weighted by molar-refractivity contribution is -0.206. The second-order valence-corrected chi connectivity index (χ2v) is 5.56. The van der Waals surface area contributed by atoms with Crippen molar-refractivity contribution in [2.45, 2.75) is 43.2 Å². The summed E-state index contributed by atoms with van der Waals surface area (Å²) in [6.07, 6.45) is 1.84. The topological polar surface area (TPSA) is 44.8 Å². The summed E-state index contributed by atoms with van der Waals surface area (Å²) in [5.74, 6) is -0.624. The number of fused-ring (bicyclic) bond motifs is 1. The van der Waals surface area contributed by atoms with E-state index in [1.807, 2.05) is 18.2 Å². The molecular formula is C15H16O4. The summed E-state index contributed by atoms with van der Waals surface area (Å²) in [6.45, 7) is 0.684. The van der Waals surface area contributed by atoms with Gasteiger partial charge in [-0.1, -0.05) is 30.3 Å². The summed E-state index contributed by atoms with van der Waals surface area (Å²) in [5, 5.41) is 0. The third kappa shape index (κ3) is 1.78. The fraction of sp³-hybridized carbons (Fsp3) is 0.533. The van der Waals surface area contributed by atoms with Crippen LogP contribution < -0.4 is 0 Å². The molecule has 0 bridgehead atoms. The molecule has 0 aromatic heterocycles. The monoisotopic (exact) mass is 260 g/mol. The minimum absolute atomic E-state index is 0.00769. The molecule has 1 aromatic carbocycles. The number of benzene rings is 1. The molecule has 3 fully saturated rings. The first-order valence-electron chi connectivity index (χ1n) is 6.82. The molecular weight excluding hydrogens is 244 g/mol. The lowest BCUT2D eigenvalue weighted by Gasteiger charge is -2.24. The zero-order valence-corrected chi connectivity index (χ0v) is 10.6. The number of hydrogen-bond donors (Lipinski definition) is 0. The minimum Gasteiger partial charge on any atom is -0.433 e. The van der Waals surface area contributed by atoms with Gasteiger partial charge in [0, 0.05) is 18.8 Å². The van der Waals surface area contributed by atoms with Gasteiger partial charge in [0.05, 0.1) is 25.2 Å². The first-order valence-corrected chi connectivity index (χ1v) is 6.82. The summed E-state index contributed by atoms with van der Waals surface area (Å²) in [6, 6.07) is 10.3. The number of rotatable bonds is 1. The van der Waals surface area contributed by atoms with Gasteiger partial charge in [0.1, 0.15) is 0 Å². The van der Waals surface area contributed by atoms with Gasteiger partial charge in [0.2, 0.25) is 5.79 Å². The Morgan fingerprint density at radius 1 is 1.21 bits per heavy atom. The third-order valence-electron chi connectivity index (χ3n) is 4.35. The van der Waals surface area contributed by atoms with Crippen LogP contribution in [0.4, 0.5) is 0 Å². The van der Waals surface area contributed by atoms with Crippen molar-refractivity contribution in [3.8, 4) is 0 Å². The molecule has 4 heteroatoms. The Bertz CT molecular complexity index is 500. The molecule has 3 aliphatic rings. The molecule has 0 radical (unpaired) electrons. The van der Waals surface area contributed by atoms with Crippen LogP contribution in [0.25, 0.3) is 0 Å². The van der Waals surface area contributed by atoms with E-state index in [-0.39, 0.29) is 24.1 Å². The fourth-order valence-corrected chi connectivity index (χ4v) is 3.43. The van der Waals surface area contributed by atoms with E-state index in [0.717, 1.165) is 0 Å². The summed E-state index contributed by atoms with van der Waals surface area (Å²) in [4.78, 5) is 11.3. The molecule has 0 amide bonds. The average molecular weight is 260 g/mol. The molecule has 3 aliphatic heterocycles. The molecule has 4 rings (SSSR count). The van der Waals surface area contributed by atoms with Gasteiger partial charge in [-0.2, -0.15) is 0 Å². The van der Waals surface area contributed by atoms with Crippen molar-refractivity contribution < 1.29 is 19.0 Å². The number of ether oxygens (including phenoxy) is 3. The largest absolute Gasteiger partial charge is 0.433 e. The minimum atomic E-state index is -0.708. The van der Waals surface area contributed by atoms with E-state index < -0.39 is 5.79 Å². The van der Waals surface area contributed by atoms with Crippen molar-refractivity contribution in [3.05, 3.63) is 35.9 Å². The van der Waals surface area contributed by atoms with Gasteiger partial charge in [0.15, 0.2) is 0 Å². The molecule has 1 unspecified atom stereocenters. The van der Waals surface area contributed by atoms with Gasteiger partial charge in [-0.05, 0) is 5.56 Å². The number of hydrogen-bond acceptors (Lipinski definition) is 4. The summed E-state index contributed by atoms with van der Waals surface area (Å²) < 4.78 is 17.3. The van der Waals surface area contributed by atoms with E-state index in [2.05, 4.69) is 12.1 Å². The smallest absolute Gasteiger partial charge is 0.308 e. The summed E-state index contributed by atoms with van der Waals surface area (Å²) in [5.41, 5.74) is 1.23. The van der Waals surface area contributed by atoms with Crippen LogP contribution in [-0.4, -0.2) is 30.6 Å². The van der Waals surface area contributed by atoms with Gasteiger partial charge < -0.3 is 14.2 Å². The first-order chi connectivity index (χ1) is 9.26. The van der Waals surface area contributed by atoms with Crippen molar-refractivity contribution in [3.63, 3.8) is 0 Å². The molecule has 3 heterocycles. The Morgan fingerprint density at radius 2 is 2.05 bits per heavy atom. The molecule has 0 saturated carbocycles. The highest BCUT2D eigenvalue weighted by Crippen LogP contribution is 2.48. The molecule has 3 saturated heterocycles. The van der Waals surface area contributed by atoms with Gasteiger partial charge >= 0.3 is 5.97 Å². The Kier molecular flexibility index (Phi) is 2.44. The lowest BCUT2D eigenvalue weighted by atomic mass is 9.93. The van der Waals surface area contributed by atoms with Crippen LogP contribution in [0.2, 0.25) is 0 Å². The van der Waals surface area contributed by atoms with Crippen molar-refractivity contribution in [2.24, 2.45) is 0 Å². The van der Waals surface area contributed by atoms with Crippen LogP contribution in [0.5, 0.6) is 0 Å². The number of esters is 1. The van der Waals surface area contributed by atoms with Crippen molar-refractivity contribution in [2.75, 3.05) is 6.61 Å². The first kappa shape index (κ1) is 11.4. The zero-order chi connectivity index (χ0) is 12.9. The third-order valence-corrected chi connectivity index (χ3v) is 4.35. The van der Waals surface area contributed by atoms with Gasteiger partial charge in [-0.25, -0.2) is 0 Å². The Balaban J connectivity index is 1.58. The standard InChI is InChI=1S/C15H16O4/c16-13-6-7-15(18-13)8-12-14(19-15)11(9-17-12)10-4-2-1-3-5-10/h1-5,11-12,14H,6-9H2/t11-,12-,14-,15?/m1/s1. The lowest BCUT2D eigenvalue weighted by Crippen LogP contribution is -2.30. The Labute approximate surface area is 111 Å². The number of carbonyl (C=O) groups is 1. The van der Waals surface area contributed by atoms with E-state index in [1.54, 1.807) is 0 Å². The van der Waals surface area contributed by atoms with Crippen LogP contribution in [0.1, 0.15) is 30.7 Å². The van der Waals surface area contributed by atoms with Crippen molar-refractivity contribution in [1.29, 1.82) is 0 Å². The molecule has 19 heavy (non-hydrogen) atoms.